The van der Waals surface area contributed by atoms with E-state index in [9.17, 15) is 14.4 Å². The number of carbonyl (C=O) groups is 3. The zero-order chi connectivity index (χ0) is 15.4. The van der Waals surface area contributed by atoms with Crippen molar-refractivity contribution in [1.82, 2.24) is 5.32 Å². The average Bonchev–Trinajstić information content (AvgIpc) is 2.73. The number of primary amides is 1. The van der Waals surface area contributed by atoms with Crippen LogP contribution in [-0.2, 0) is 9.59 Å². The highest BCUT2D eigenvalue weighted by molar-refractivity contribution is 6.21. The van der Waals surface area contributed by atoms with Crippen molar-refractivity contribution in [3.63, 3.8) is 0 Å². The maximum absolute atomic E-state index is 12.2. The van der Waals surface area contributed by atoms with Gasteiger partial charge in [0.2, 0.25) is 5.91 Å². The number of carbonyl (C=O) groups excluding carboxylic acids is 3. The predicted molar refractivity (Wildman–Crippen MR) is 74.1 cm³/mol. The van der Waals surface area contributed by atoms with Gasteiger partial charge in [-0.25, -0.2) is 9.69 Å². The van der Waals surface area contributed by atoms with Crippen molar-refractivity contribution in [2.75, 3.05) is 4.90 Å². The minimum atomic E-state index is -0.747. The third-order valence-electron chi connectivity index (χ3n) is 3.06. The molecular weight excluding hydrogens is 276 g/mol. The number of anilines is 1. The molecular formula is C13H14N4O4. The number of hydrogen-bond donors (Lipinski definition) is 3. The molecule has 110 valence electrons. The fourth-order valence-electron chi connectivity index (χ4n) is 2.03. The minimum Gasteiger partial charge on any atom is -0.411 e. The summed E-state index contributed by atoms with van der Waals surface area (Å²) in [5, 5.41) is 13.8. The van der Waals surface area contributed by atoms with Crippen molar-refractivity contribution in [2.24, 2.45) is 10.9 Å². The Morgan fingerprint density at radius 1 is 1.38 bits per heavy atom. The molecule has 1 heterocycles. The smallest absolute Gasteiger partial charge is 0.329 e. The molecule has 0 bridgehead atoms. The minimum absolute atomic E-state index is 0.0242. The van der Waals surface area contributed by atoms with Crippen molar-refractivity contribution < 1.29 is 19.6 Å². The first-order valence-electron chi connectivity index (χ1n) is 6.23. The molecule has 1 unspecified atom stereocenters. The molecule has 1 atom stereocenters. The molecule has 1 aliphatic rings. The van der Waals surface area contributed by atoms with Gasteiger partial charge in [0.05, 0.1) is 11.9 Å². The standard InChI is InChI=1S/C13H14N4O4/c14-11(18)6-5-10-12(19)17(13(20)16-10)9-3-1-8(2-4-9)7-15-21/h1-4,7,10,21H,5-6H2,(H2,14,18)(H,16,20). The molecule has 1 saturated heterocycles. The van der Waals surface area contributed by atoms with Crippen LogP contribution in [0.5, 0.6) is 0 Å². The van der Waals surface area contributed by atoms with Gasteiger partial charge < -0.3 is 16.3 Å². The number of amides is 4. The largest absolute Gasteiger partial charge is 0.411 e. The molecule has 21 heavy (non-hydrogen) atoms. The van der Waals surface area contributed by atoms with Gasteiger partial charge in [-0.1, -0.05) is 17.3 Å². The summed E-state index contributed by atoms with van der Waals surface area (Å²) in [5.74, 6) is -0.951. The van der Waals surface area contributed by atoms with Gasteiger partial charge >= 0.3 is 6.03 Å². The fraction of sp³-hybridized carbons (Fsp3) is 0.231. The van der Waals surface area contributed by atoms with E-state index in [1.54, 1.807) is 24.3 Å². The van der Waals surface area contributed by atoms with Crippen molar-refractivity contribution >= 4 is 29.7 Å². The van der Waals surface area contributed by atoms with Gasteiger partial charge in [-0.3, -0.25) is 9.59 Å². The highest BCUT2D eigenvalue weighted by Crippen LogP contribution is 2.21. The molecule has 4 amide bonds. The molecule has 8 heteroatoms. The van der Waals surface area contributed by atoms with E-state index < -0.39 is 23.9 Å². The second-order valence-corrected chi connectivity index (χ2v) is 4.52. The zero-order valence-electron chi connectivity index (χ0n) is 11.0. The lowest BCUT2D eigenvalue weighted by molar-refractivity contribution is -0.119. The van der Waals surface area contributed by atoms with Gasteiger partial charge in [0.25, 0.3) is 5.91 Å². The first-order chi connectivity index (χ1) is 10.0. The molecule has 0 aromatic heterocycles. The van der Waals surface area contributed by atoms with Crippen LogP contribution in [0.4, 0.5) is 10.5 Å². The monoisotopic (exact) mass is 290 g/mol. The lowest BCUT2D eigenvalue weighted by Gasteiger charge is -2.13. The topological polar surface area (TPSA) is 125 Å². The van der Waals surface area contributed by atoms with Gasteiger partial charge in [-0.2, -0.15) is 0 Å². The Morgan fingerprint density at radius 2 is 2.05 bits per heavy atom. The third kappa shape index (κ3) is 3.16. The Kier molecular flexibility index (Phi) is 4.17. The lowest BCUT2D eigenvalue weighted by Crippen LogP contribution is -2.31. The Balaban J connectivity index is 2.14. The van der Waals surface area contributed by atoms with Gasteiger partial charge in [0, 0.05) is 6.42 Å². The maximum atomic E-state index is 12.2. The van der Waals surface area contributed by atoms with Crippen LogP contribution in [0.3, 0.4) is 0 Å². The average molecular weight is 290 g/mol. The molecule has 8 nitrogen and oxygen atoms in total. The summed E-state index contributed by atoms with van der Waals surface area (Å²) in [4.78, 5) is 35.8. The van der Waals surface area contributed by atoms with Crippen molar-refractivity contribution in [2.45, 2.75) is 18.9 Å². The van der Waals surface area contributed by atoms with Crippen molar-refractivity contribution in [3.05, 3.63) is 29.8 Å². The summed E-state index contributed by atoms with van der Waals surface area (Å²) in [7, 11) is 0. The number of nitrogens with one attached hydrogen (secondary N) is 1. The van der Waals surface area contributed by atoms with E-state index >= 15 is 0 Å². The summed E-state index contributed by atoms with van der Waals surface area (Å²) < 4.78 is 0. The fourth-order valence-corrected chi connectivity index (χ4v) is 2.03. The van der Waals surface area contributed by atoms with Gasteiger partial charge in [-0.05, 0) is 24.1 Å². The van der Waals surface area contributed by atoms with Crippen LogP contribution in [-0.4, -0.2) is 35.3 Å². The molecule has 1 aliphatic heterocycles. The number of rotatable bonds is 5. The first-order valence-corrected chi connectivity index (χ1v) is 6.23. The number of imide groups is 1. The van der Waals surface area contributed by atoms with Crippen LogP contribution in [0, 0.1) is 0 Å². The summed E-state index contributed by atoms with van der Waals surface area (Å²) >= 11 is 0. The Morgan fingerprint density at radius 3 is 2.62 bits per heavy atom. The summed E-state index contributed by atoms with van der Waals surface area (Å²) in [6, 6.07) is 5.04. The van der Waals surface area contributed by atoms with E-state index in [0.29, 0.717) is 11.3 Å². The van der Waals surface area contributed by atoms with E-state index in [2.05, 4.69) is 10.5 Å². The molecule has 4 N–H and O–H groups in total. The first kappa shape index (κ1) is 14.5. The van der Waals surface area contributed by atoms with Gasteiger partial charge in [0.1, 0.15) is 6.04 Å². The second-order valence-electron chi connectivity index (χ2n) is 4.52. The lowest BCUT2D eigenvalue weighted by atomic mass is 10.1. The van der Waals surface area contributed by atoms with Crippen molar-refractivity contribution in [1.29, 1.82) is 0 Å². The number of urea groups is 1. The normalized spacial score (nSPS) is 18.3. The van der Waals surface area contributed by atoms with Gasteiger partial charge in [0.15, 0.2) is 0 Å². The summed E-state index contributed by atoms with van der Waals surface area (Å²) in [5.41, 5.74) is 6.05. The van der Waals surface area contributed by atoms with E-state index in [-0.39, 0.29) is 12.8 Å². The zero-order valence-corrected chi connectivity index (χ0v) is 11.0. The highest BCUT2D eigenvalue weighted by Gasteiger charge is 2.38. The highest BCUT2D eigenvalue weighted by atomic mass is 16.4. The second kappa shape index (κ2) is 6.04. The molecule has 0 saturated carbocycles. The number of oxime groups is 1. The van der Waals surface area contributed by atoms with E-state index in [0.717, 1.165) is 4.90 Å². The molecule has 1 aromatic carbocycles. The van der Waals surface area contributed by atoms with Crippen LogP contribution >= 0.6 is 0 Å². The van der Waals surface area contributed by atoms with Crippen molar-refractivity contribution in [3.8, 4) is 0 Å². The molecule has 0 spiro atoms. The molecule has 1 fully saturated rings. The molecule has 1 aromatic rings. The van der Waals surface area contributed by atoms with Gasteiger partial charge in [-0.15, -0.1) is 0 Å². The molecule has 2 rings (SSSR count). The van der Waals surface area contributed by atoms with Crippen LogP contribution in [0.15, 0.2) is 29.4 Å². The number of nitrogens with zero attached hydrogens (tertiary/aromatic N) is 2. The molecule has 0 radical (unpaired) electrons. The van der Waals surface area contributed by atoms with E-state index in [1.165, 1.54) is 6.21 Å². The van der Waals surface area contributed by atoms with Crippen LogP contribution in [0.1, 0.15) is 18.4 Å². The third-order valence-corrected chi connectivity index (χ3v) is 3.06. The Labute approximate surface area is 120 Å². The number of hydrogen-bond acceptors (Lipinski definition) is 5. The SMILES string of the molecule is NC(=O)CCC1NC(=O)N(c2ccc(C=NO)cc2)C1=O. The number of nitrogens with two attached hydrogens (primary N) is 1. The maximum Gasteiger partial charge on any atom is 0.329 e. The van der Waals surface area contributed by atoms with Crippen LogP contribution in [0.25, 0.3) is 0 Å². The quantitative estimate of drug-likeness (QED) is 0.309. The van der Waals surface area contributed by atoms with E-state index in [4.69, 9.17) is 10.9 Å². The summed E-state index contributed by atoms with van der Waals surface area (Å²) in [6.07, 6.45) is 1.42. The predicted octanol–water partition coefficient (Wildman–Crippen LogP) is 0.185. The number of benzene rings is 1. The molecule has 0 aliphatic carbocycles. The van der Waals surface area contributed by atoms with Crippen LogP contribution in [0.2, 0.25) is 0 Å². The summed E-state index contributed by atoms with van der Waals surface area (Å²) in [6.45, 7) is 0. The Bertz CT molecular complexity index is 597. The van der Waals surface area contributed by atoms with E-state index in [1.807, 2.05) is 0 Å². The Hall–Kier alpha value is -2.90. The van der Waals surface area contributed by atoms with Crippen LogP contribution < -0.4 is 16.0 Å².